The van der Waals surface area contributed by atoms with E-state index in [4.69, 9.17) is 29.7 Å². The average Bonchev–Trinajstić information content (AvgIpc) is 3.06. The number of benzene rings is 3. The maximum Gasteiger partial charge on any atom is 0.416 e. The second-order valence-corrected chi connectivity index (χ2v) is 11.1. The van der Waals surface area contributed by atoms with E-state index in [-0.39, 0.29) is 36.7 Å². The molecule has 4 aromatic rings. The number of nitrogens with two attached hydrogens (primary N) is 1. The van der Waals surface area contributed by atoms with E-state index in [1.165, 1.54) is 17.2 Å². The van der Waals surface area contributed by atoms with E-state index >= 15 is 0 Å². The van der Waals surface area contributed by atoms with Crippen LogP contribution in [0.1, 0.15) is 60.0 Å². The van der Waals surface area contributed by atoms with Crippen molar-refractivity contribution in [2.45, 2.75) is 57.5 Å². The van der Waals surface area contributed by atoms with Gasteiger partial charge in [-0.2, -0.15) is 13.2 Å². The molecule has 0 saturated carbocycles. The van der Waals surface area contributed by atoms with E-state index in [9.17, 15) is 18.0 Å². The number of hydrogen-bond acceptors (Lipinski definition) is 8. The fourth-order valence-electron chi connectivity index (χ4n) is 5.89. The van der Waals surface area contributed by atoms with Crippen LogP contribution in [0.4, 0.5) is 23.7 Å². The molecule has 0 bridgehead atoms. The molecule has 0 aliphatic carbocycles. The molecule has 1 aromatic heterocycles. The summed E-state index contributed by atoms with van der Waals surface area (Å²) in [5, 5.41) is 0. The van der Waals surface area contributed by atoms with Crippen LogP contribution < -0.4 is 24.8 Å². The molecule has 3 atom stereocenters. The van der Waals surface area contributed by atoms with Gasteiger partial charge in [0, 0.05) is 18.5 Å². The second kappa shape index (κ2) is 14.3. The Balaban J connectivity index is 1.65. The van der Waals surface area contributed by atoms with Crippen LogP contribution in [0.2, 0.25) is 0 Å². The summed E-state index contributed by atoms with van der Waals surface area (Å²) in [7, 11) is 3.10. The fourth-order valence-corrected chi connectivity index (χ4v) is 5.89. The van der Waals surface area contributed by atoms with Crippen molar-refractivity contribution in [3.63, 3.8) is 0 Å². The number of amides is 1. The van der Waals surface area contributed by atoms with E-state index in [1.54, 1.807) is 27.2 Å². The predicted octanol–water partition coefficient (Wildman–Crippen LogP) is 6.90. The highest BCUT2D eigenvalue weighted by molar-refractivity contribution is 5.91. The summed E-state index contributed by atoms with van der Waals surface area (Å²) in [6.45, 7) is 3.84. The zero-order valence-corrected chi connectivity index (χ0v) is 26.6. The number of methoxy groups -OCH3 is 2. The highest BCUT2D eigenvalue weighted by Crippen LogP contribution is 2.45. The molecule has 2 heterocycles. The van der Waals surface area contributed by atoms with Gasteiger partial charge in [0.05, 0.1) is 55.9 Å². The zero-order chi connectivity index (χ0) is 33.7. The zero-order valence-electron chi connectivity index (χ0n) is 26.6. The lowest BCUT2D eigenvalue weighted by atomic mass is 9.79. The number of fused-ring (bicyclic) bond motifs is 1. The van der Waals surface area contributed by atoms with E-state index < -0.39 is 35.8 Å². The number of halogens is 3. The van der Waals surface area contributed by atoms with Crippen molar-refractivity contribution >= 4 is 11.8 Å². The number of carbonyl (C=O) groups is 1. The van der Waals surface area contributed by atoms with E-state index in [0.717, 1.165) is 23.3 Å². The third-order valence-corrected chi connectivity index (χ3v) is 8.14. The molecule has 0 fully saturated rings. The van der Waals surface area contributed by atoms with E-state index in [0.29, 0.717) is 29.4 Å². The Hall–Kier alpha value is -4.84. The Morgan fingerprint density at radius 1 is 0.957 bits per heavy atom. The molecule has 3 aromatic carbocycles. The number of nitrogens with zero attached hydrogens (tertiary/aromatic N) is 3. The minimum absolute atomic E-state index is 0.0897. The van der Waals surface area contributed by atoms with Gasteiger partial charge in [-0.15, -0.1) is 0 Å². The molecule has 0 saturated heterocycles. The first-order valence-corrected chi connectivity index (χ1v) is 15.2. The minimum Gasteiger partial charge on any atom is -0.497 e. The SMILES string of the molecule is CCOC(=O)N1c2ccc(C(F)(F)F)cc2C(c2ncc(OCc3ccccc3)c(Cc3cc(OC)cc(OC)c3)n2)C(N)C1CC. The van der Waals surface area contributed by atoms with Gasteiger partial charge in [0.15, 0.2) is 5.75 Å². The van der Waals surface area contributed by atoms with Crippen LogP contribution in [0.15, 0.2) is 72.9 Å². The lowest BCUT2D eigenvalue weighted by Gasteiger charge is -2.43. The molecule has 248 valence electrons. The third kappa shape index (κ3) is 7.27. The summed E-state index contributed by atoms with van der Waals surface area (Å²) >= 11 is 0. The Bertz CT molecular complexity index is 1680. The summed E-state index contributed by atoms with van der Waals surface area (Å²) < 4.78 is 64.4. The van der Waals surface area contributed by atoms with Crippen LogP contribution in [-0.2, 0) is 23.9 Å². The van der Waals surface area contributed by atoms with Gasteiger partial charge < -0.3 is 24.7 Å². The first-order valence-electron chi connectivity index (χ1n) is 15.2. The number of ether oxygens (including phenoxy) is 4. The number of anilines is 1. The molecule has 0 radical (unpaired) electrons. The van der Waals surface area contributed by atoms with Crippen LogP contribution in [0.5, 0.6) is 17.2 Å². The van der Waals surface area contributed by atoms with E-state index in [1.807, 2.05) is 49.4 Å². The van der Waals surface area contributed by atoms with Gasteiger partial charge in [0.25, 0.3) is 0 Å². The van der Waals surface area contributed by atoms with Gasteiger partial charge in [-0.3, -0.25) is 4.90 Å². The Labute approximate surface area is 271 Å². The Morgan fingerprint density at radius 3 is 2.28 bits per heavy atom. The van der Waals surface area contributed by atoms with Crippen LogP contribution >= 0.6 is 0 Å². The number of rotatable bonds is 10. The summed E-state index contributed by atoms with van der Waals surface area (Å²) in [4.78, 5) is 24.0. The molecule has 0 spiro atoms. The van der Waals surface area contributed by atoms with Gasteiger partial charge >= 0.3 is 12.3 Å². The second-order valence-electron chi connectivity index (χ2n) is 11.1. The standard InChI is InChI=1S/C35H37F3N4O5/c1-5-28-32(39)31(26-17-23(35(36,37)38)12-13-29(26)42(28)34(43)46-6-2)33-40-19-30(47-20-21-10-8-7-9-11-21)27(41-33)16-22-14-24(44-3)18-25(15-22)45-4/h7-15,17-19,28,31-32H,5-6,16,20,39H2,1-4H3. The summed E-state index contributed by atoms with van der Waals surface area (Å²) in [5.74, 6) is 0.871. The predicted molar refractivity (Wildman–Crippen MR) is 170 cm³/mol. The maximum atomic E-state index is 14.0. The lowest BCUT2D eigenvalue weighted by molar-refractivity contribution is -0.137. The number of alkyl halides is 3. The highest BCUT2D eigenvalue weighted by Gasteiger charge is 2.45. The fraction of sp³-hybridized carbons (Fsp3) is 0.343. The van der Waals surface area contributed by atoms with Crippen molar-refractivity contribution in [1.29, 1.82) is 0 Å². The lowest BCUT2D eigenvalue weighted by Crippen LogP contribution is -2.57. The number of hydrogen-bond donors (Lipinski definition) is 1. The molecule has 12 heteroatoms. The van der Waals surface area contributed by atoms with Gasteiger partial charge in [0.1, 0.15) is 23.9 Å². The van der Waals surface area contributed by atoms with Gasteiger partial charge in [-0.1, -0.05) is 37.3 Å². The molecule has 47 heavy (non-hydrogen) atoms. The number of carbonyl (C=O) groups excluding carboxylic acids is 1. The molecule has 2 N–H and O–H groups in total. The smallest absolute Gasteiger partial charge is 0.416 e. The normalized spacial score (nSPS) is 17.5. The largest absolute Gasteiger partial charge is 0.497 e. The van der Waals surface area contributed by atoms with Gasteiger partial charge in [0.2, 0.25) is 0 Å². The monoisotopic (exact) mass is 650 g/mol. The first kappa shape index (κ1) is 33.5. The first-order chi connectivity index (χ1) is 22.6. The van der Waals surface area contributed by atoms with Crippen LogP contribution in [0.3, 0.4) is 0 Å². The molecule has 9 nitrogen and oxygen atoms in total. The molecule has 3 unspecified atom stereocenters. The average molecular weight is 651 g/mol. The quantitative estimate of drug-likeness (QED) is 0.198. The van der Waals surface area contributed by atoms with Crippen molar-refractivity contribution in [2.75, 3.05) is 25.7 Å². The van der Waals surface area contributed by atoms with Crippen molar-refractivity contribution < 1.29 is 36.9 Å². The van der Waals surface area contributed by atoms with Gasteiger partial charge in [-0.25, -0.2) is 14.8 Å². The molecular weight excluding hydrogens is 613 g/mol. The van der Waals surface area contributed by atoms with Crippen LogP contribution in [0, 0.1) is 0 Å². The van der Waals surface area contributed by atoms with Crippen LogP contribution in [0.25, 0.3) is 0 Å². The van der Waals surface area contributed by atoms with Gasteiger partial charge in [-0.05, 0) is 60.4 Å². The number of aromatic nitrogens is 2. The minimum atomic E-state index is -4.63. The van der Waals surface area contributed by atoms with Crippen molar-refractivity contribution in [3.8, 4) is 17.2 Å². The maximum absolute atomic E-state index is 14.0. The van der Waals surface area contributed by atoms with Crippen LogP contribution in [-0.4, -0.2) is 49.0 Å². The van der Waals surface area contributed by atoms with E-state index in [2.05, 4.69) is 4.98 Å². The Morgan fingerprint density at radius 2 is 1.66 bits per heavy atom. The molecule has 1 aliphatic heterocycles. The molecule has 1 aliphatic rings. The van der Waals surface area contributed by atoms with Crippen molar-refractivity contribution in [2.24, 2.45) is 5.73 Å². The summed E-state index contributed by atoms with van der Waals surface area (Å²) in [5.41, 5.74) is 8.62. The molecular formula is C35H37F3N4O5. The summed E-state index contributed by atoms with van der Waals surface area (Å²) in [6, 6.07) is 16.8. The van der Waals surface area contributed by atoms with Crippen molar-refractivity contribution in [3.05, 3.63) is 107 Å². The molecule has 1 amide bonds. The van der Waals surface area contributed by atoms with Crippen molar-refractivity contribution in [1.82, 2.24) is 9.97 Å². The Kier molecular flexibility index (Phi) is 10.2. The third-order valence-electron chi connectivity index (χ3n) is 8.14. The topological polar surface area (TPSA) is 109 Å². The highest BCUT2D eigenvalue weighted by atomic mass is 19.4. The summed E-state index contributed by atoms with van der Waals surface area (Å²) in [6.07, 6.45) is -3.13. The molecule has 5 rings (SSSR count).